The van der Waals surface area contributed by atoms with Crippen molar-refractivity contribution in [2.75, 3.05) is 9.80 Å². The fourth-order valence-corrected chi connectivity index (χ4v) is 13.4. The summed E-state index contributed by atoms with van der Waals surface area (Å²) in [5.74, 6) is 0. The van der Waals surface area contributed by atoms with Crippen LogP contribution in [0.1, 0.15) is 0 Å². The van der Waals surface area contributed by atoms with Gasteiger partial charge in [-0.1, -0.05) is 60.3 Å². The normalized spacial score (nSPS) is 17.6. The molecule has 0 N–H and O–H groups in total. The molecule has 0 atom stereocenters. The minimum Gasteiger partial charge on any atom is -0.306 e. The monoisotopic (exact) mass is 704 g/mol. The summed E-state index contributed by atoms with van der Waals surface area (Å²) in [6.45, 7) is 0. The average Bonchev–Trinajstić information content (AvgIpc) is 3.09. The maximum Gasteiger partial charge on any atom is 0.210 e. The summed E-state index contributed by atoms with van der Waals surface area (Å²) in [6, 6.07) is 33.9. The maximum absolute atomic E-state index is 14.3. The molecule has 0 bridgehead atoms. The summed E-state index contributed by atoms with van der Waals surface area (Å²) in [6.07, 6.45) is 0. The van der Waals surface area contributed by atoms with E-state index in [1.165, 1.54) is 42.1 Å². The molecule has 0 aromatic heterocycles. The Morgan fingerprint density at radius 2 is 0.854 bits per heavy atom. The molecule has 0 spiro atoms. The first-order valence-corrected chi connectivity index (χ1v) is 20.1. The highest BCUT2D eigenvalue weighted by Gasteiger charge is 2.45. The van der Waals surface area contributed by atoms with Gasteiger partial charge in [0.2, 0.25) is 29.5 Å². The number of nitrogens with zero attached hydrogens (tertiary/aromatic N) is 2. The zero-order valence-corrected chi connectivity index (χ0v) is 27.8. The first kappa shape index (κ1) is 28.2. The Bertz CT molecular complexity index is 2730. The van der Waals surface area contributed by atoms with Gasteiger partial charge >= 0.3 is 0 Å². The number of benzene rings is 6. The van der Waals surface area contributed by atoms with E-state index in [0.717, 1.165) is 15.5 Å². The Hall–Kier alpha value is -4.88. The minimum atomic E-state index is -4.17. The largest absolute Gasteiger partial charge is 0.306 e. The second kappa shape index (κ2) is 9.17. The maximum atomic E-state index is 14.3. The van der Waals surface area contributed by atoms with E-state index in [1.54, 1.807) is 65.6 Å². The number of hydrogen-bond acceptors (Lipinski definition) is 9. The smallest absolute Gasteiger partial charge is 0.210 e. The van der Waals surface area contributed by atoms with Gasteiger partial charge in [-0.3, -0.25) is 0 Å². The van der Waals surface area contributed by atoms with Crippen LogP contribution in [0.15, 0.2) is 160 Å². The van der Waals surface area contributed by atoms with Gasteiger partial charge in [0.1, 0.15) is 0 Å². The standard InChI is InChI=1S/C36H20N2O6S4/c39-46(40)29-13-5-2-9-24(29)38-25-10-3-6-14-30(25)47(41,42)34-20-22(19-33(46)36(34)38)21-16-17-26-32(18-21)48(43,44)31-15-7-12-28-35(31)37(26)23-8-1-4-11-27(23)45-28/h1-20H. The topological polar surface area (TPSA) is 109 Å². The second-order valence-corrected chi connectivity index (χ2v) is 18.5. The highest BCUT2D eigenvalue weighted by atomic mass is 32.2. The predicted octanol–water partition coefficient (Wildman–Crippen LogP) is 8.20. The lowest BCUT2D eigenvalue weighted by atomic mass is 10.0. The number of sulfone groups is 3. The molecular weight excluding hydrogens is 685 g/mol. The van der Waals surface area contributed by atoms with Crippen LogP contribution in [0.2, 0.25) is 0 Å². The molecule has 4 aliphatic rings. The third-order valence-corrected chi connectivity index (χ3v) is 15.8. The van der Waals surface area contributed by atoms with Crippen LogP contribution in [-0.4, -0.2) is 25.3 Å². The zero-order chi connectivity index (χ0) is 32.7. The molecule has 0 fully saturated rings. The lowest BCUT2D eigenvalue weighted by Crippen LogP contribution is -2.29. The minimum absolute atomic E-state index is 0.0424. The van der Waals surface area contributed by atoms with E-state index in [1.807, 2.05) is 35.2 Å². The van der Waals surface area contributed by atoms with Gasteiger partial charge in [-0.15, -0.1) is 0 Å². The Balaban J connectivity index is 1.25. The molecule has 0 radical (unpaired) electrons. The van der Waals surface area contributed by atoms with Crippen LogP contribution in [0.5, 0.6) is 0 Å². The molecule has 4 aliphatic heterocycles. The number of hydrogen-bond donors (Lipinski definition) is 0. The van der Waals surface area contributed by atoms with E-state index in [0.29, 0.717) is 28.3 Å². The van der Waals surface area contributed by atoms with Crippen molar-refractivity contribution in [3.05, 3.63) is 121 Å². The molecule has 6 aromatic rings. The number of fused-ring (bicyclic) bond motifs is 8. The van der Waals surface area contributed by atoms with Gasteiger partial charge < -0.3 is 9.80 Å². The first-order valence-electron chi connectivity index (χ1n) is 14.8. The van der Waals surface area contributed by atoms with Crippen LogP contribution >= 0.6 is 11.8 Å². The van der Waals surface area contributed by atoms with Crippen molar-refractivity contribution in [3.8, 4) is 11.1 Å². The summed E-state index contributed by atoms with van der Waals surface area (Å²) in [5, 5.41) is 0. The summed E-state index contributed by atoms with van der Waals surface area (Å²) < 4.78 is 85.5. The van der Waals surface area contributed by atoms with Gasteiger partial charge in [-0.2, -0.15) is 0 Å². The van der Waals surface area contributed by atoms with Crippen molar-refractivity contribution in [2.45, 2.75) is 39.2 Å². The number of para-hydroxylation sites is 4. The Kier molecular flexibility index (Phi) is 5.38. The summed E-state index contributed by atoms with van der Waals surface area (Å²) in [7, 11) is -12.4. The van der Waals surface area contributed by atoms with Crippen molar-refractivity contribution in [2.24, 2.45) is 0 Å². The molecule has 6 aromatic carbocycles. The Labute approximate surface area is 280 Å². The van der Waals surface area contributed by atoms with E-state index in [-0.39, 0.29) is 40.6 Å². The lowest BCUT2D eigenvalue weighted by Gasteiger charge is -2.39. The van der Waals surface area contributed by atoms with Gasteiger partial charge in [0.15, 0.2) is 0 Å². The fourth-order valence-electron chi connectivity index (χ4n) is 7.18. The fraction of sp³-hybridized carbons (Fsp3) is 0. The number of anilines is 6. The molecule has 12 heteroatoms. The molecule has 0 aliphatic carbocycles. The predicted molar refractivity (Wildman–Crippen MR) is 182 cm³/mol. The Morgan fingerprint density at radius 3 is 1.52 bits per heavy atom. The van der Waals surface area contributed by atoms with E-state index in [2.05, 4.69) is 0 Å². The highest BCUT2D eigenvalue weighted by Crippen LogP contribution is 2.59. The molecule has 4 heterocycles. The van der Waals surface area contributed by atoms with E-state index in [4.69, 9.17) is 0 Å². The van der Waals surface area contributed by atoms with Gasteiger partial charge in [0.25, 0.3) is 0 Å². The molecule has 0 saturated carbocycles. The molecule has 234 valence electrons. The van der Waals surface area contributed by atoms with Crippen LogP contribution in [-0.2, 0) is 29.5 Å². The quantitative estimate of drug-likeness (QED) is 0.167. The summed E-state index contributed by atoms with van der Waals surface area (Å²) >= 11 is 1.51. The molecule has 48 heavy (non-hydrogen) atoms. The number of rotatable bonds is 1. The van der Waals surface area contributed by atoms with Crippen LogP contribution < -0.4 is 9.80 Å². The Morgan fingerprint density at radius 1 is 0.375 bits per heavy atom. The van der Waals surface area contributed by atoms with Gasteiger partial charge in [-0.25, -0.2) is 25.3 Å². The molecule has 0 unspecified atom stereocenters. The van der Waals surface area contributed by atoms with E-state index < -0.39 is 29.5 Å². The molecule has 0 amide bonds. The van der Waals surface area contributed by atoms with Gasteiger partial charge in [-0.05, 0) is 83.9 Å². The third-order valence-electron chi connectivity index (χ3n) is 9.26. The van der Waals surface area contributed by atoms with Crippen molar-refractivity contribution >= 4 is 75.4 Å². The third kappa shape index (κ3) is 3.42. The molecular formula is C36H20N2O6S4. The zero-order valence-electron chi connectivity index (χ0n) is 24.5. The highest BCUT2D eigenvalue weighted by molar-refractivity contribution is 8.00. The molecule has 8 nitrogen and oxygen atoms in total. The van der Waals surface area contributed by atoms with E-state index >= 15 is 0 Å². The molecule has 0 saturated heterocycles. The van der Waals surface area contributed by atoms with Crippen molar-refractivity contribution in [3.63, 3.8) is 0 Å². The summed E-state index contributed by atoms with van der Waals surface area (Å²) in [4.78, 5) is 5.43. The second-order valence-electron chi connectivity index (χ2n) is 11.8. The van der Waals surface area contributed by atoms with Gasteiger partial charge in [0.05, 0.1) is 63.5 Å². The SMILES string of the molecule is O=S1(=O)c2cc(-c3cc4c5c(c3)S(=O)(=O)c3ccccc3N5c3ccccc3S4(=O)=O)ccc2N2c3ccccc3Sc3cccc1c32. The van der Waals surface area contributed by atoms with Crippen LogP contribution in [0.25, 0.3) is 11.1 Å². The van der Waals surface area contributed by atoms with Crippen molar-refractivity contribution in [1.29, 1.82) is 0 Å². The van der Waals surface area contributed by atoms with Crippen LogP contribution in [0.3, 0.4) is 0 Å². The summed E-state index contributed by atoms with van der Waals surface area (Å²) in [5.41, 5.74) is 3.31. The lowest BCUT2D eigenvalue weighted by molar-refractivity contribution is 0.589. The van der Waals surface area contributed by atoms with Gasteiger partial charge in [0, 0.05) is 9.79 Å². The van der Waals surface area contributed by atoms with Crippen molar-refractivity contribution in [1.82, 2.24) is 0 Å². The van der Waals surface area contributed by atoms with Crippen LogP contribution in [0, 0.1) is 0 Å². The van der Waals surface area contributed by atoms with E-state index in [9.17, 15) is 25.3 Å². The van der Waals surface area contributed by atoms with Crippen molar-refractivity contribution < 1.29 is 25.3 Å². The van der Waals surface area contributed by atoms with Crippen LogP contribution in [0.4, 0.5) is 34.1 Å². The first-order chi connectivity index (χ1) is 23.1. The average molecular weight is 705 g/mol. The molecule has 10 rings (SSSR count).